The largest absolute Gasteiger partial charge is 0.272 e. The van der Waals surface area contributed by atoms with Crippen molar-refractivity contribution < 1.29 is 4.79 Å². The number of nitrogens with zero attached hydrogens (tertiary/aromatic N) is 4. The number of amides is 1. The van der Waals surface area contributed by atoms with Gasteiger partial charge in [-0.3, -0.25) is 9.36 Å². The molecule has 0 radical (unpaired) electrons. The van der Waals surface area contributed by atoms with Gasteiger partial charge in [-0.2, -0.15) is 5.10 Å². The van der Waals surface area contributed by atoms with E-state index in [9.17, 15) is 4.79 Å². The fourth-order valence-electron chi connectivity index (χ4n) is 3.02. The van der Waals surface area contributed by atoms with Crippen LogP contribution >= 0.6 is 23.1 Å². The van der Waals surface area contributed by atoms with Crippen LogP contribution in [0.5, 0.6) is 0 Å². The summed E-state index contributed by atoms with van der Waals surface area (Å²) < 4.78 is 1.99. The van der Waals surface area contributed by atoms with Crippen LogP contribution in [0.4, 0.5) is 0 Å². The van der Waals surface area contributed by atoms with Gasteiger partial charge >= 0.3 is 0 Å². The molecule has 2 aromatic heterocycles. The van der Waals surface area contributed by atoms with Crippen molar-refractivity contribution >= 4 is 35.2 Å². The molecule has 2 heterocycles. The molecule has 1 N–H and O–H groups in total. The van der Waals surface area contributed by atoms with Crippen LogP contribution in [0.15, 0.2) is 70.2 Å². The number of aromatic nitrogens is 3. The number of nitrogens with one attached hydrogen (secondary N) is 1. The van der Waals surface area contributed by atoms with Gasteiger partial charge in [0.1, 0.15) is 0 Å². The number of thiophene rings is 1. The van der Waals surface area contributed by atoms with E-state index in [1.165, 1.54) is 22.9 Å². The molecule has 2 aromatic carbocycles. The van der Waals surface area contributed by atoms with Crippen LogP contribution in [0, 0.1) is 20.8 Å². The minimum Gasteiger partial charge on any atom is -0.272 e. The molecule has 6 nitrogen and oxygen atoms in total. The molecule has 0 aliphatic heterocycles. The van der Waals surface area contributed by atoms with Crippen molar-refractivity contribution in [3.05, 3.63) is 81.5 Å². The van der Waals surface area contributed by atoms with E-state index >= 15 is 0 Å². The predicted octanol–water partition coefficient (Wildman–Crippen LogP) is 5.16. The molecule has 0 fully saturated rings. The second-order valence-corrected chi connectivity index (χ2v) is 9.28. The number of thioether (sulfide) groups is 1. The van der Waals surface area contributed by atoms with Crippen LogP contribution in [-0.4, -0.2) is 32.6 Å². The predicted molar refractivity (Wildman–Crippen MR) is 132 cm³/mol. The van der Waals surface area contributed by atoms with Gasteiger partial charge in [0.05, 0.1) is 12.0 Å². The lowest BCUT2D eigenvalue weighted by Crippen LogP contribution is -2.20. The maximum absolute atomic E-state index is 12.3. The summed E-state index contributed by atoms with van der Waals surface area (Å²) in [5.41, 5.74) is 8.00. The standard InChI is InChI=1S/C24H23N5OS2/c1-16-4-8-19(9-5-16)23-27-28-24(29(23)20-10-6-17(2)7-11-20)32-15-22(30)26-25-14-21-18(3)12-13-31-21/h4-14H,15H2,1-3H3,(H,26,30)/b25-14-. The van der Waals surface area contributed by atoms with Crippen LogP contribution in [-0.2, 0) is 4.79 Å². The zero-order chi connectivity index (χ0) is 22.5. The number of carbonyl (C=O) groups is 1. The van der Waals surface area contributed by atoms with Crippen LogP contribution < -0.4 is 5.43 Å². The fourth-order valence-corrected chi connectivity index (χ4v) is 4.55. The molecule has 0 saturated heterocycles. The normalized spacial score (nSPS) is 11.2. The Labute approximate surface area is 195 Å². The van der Waals surface area contributed by atoms with E-state index in [1.54, 1.807) is 17.6 Å². The highest BCUT2D eigenvalue weighted by molar-refractivity contribution is 7.99. The monoisotopic (exact) mass is 461 g/mol. The van der Waals surface area contributed by atoms with Gasteiger partial charge in [-0.05, 0) is 49.9 Å². The maximum atomic E-state index is 12.3. The summed E-state index contributed by atoms with van der Waals surface area (Å²) in [6.45, 7) is 6.12. The summed E-state index contributed by atoms with van der Waals surface area (Å²) in [6.07, 6.45) is 1.67. The summed E-state index contributed by atoms with van der Waals surface area (Å²) >= 11 is 2.92. The Morgan fingerprint density at radius 2 is 1.72 bits per heavy atom. The molecule has 0 unspecified atom stereocenters. The average molecular weight is 462 g/mol. The lowest BCUT2D eigenvalue weighted by molar-refractivity contribution is -0.118. The van der Waals surface area contributed by atoms with Gasteiger partial charge in [0, 0.05) is 16.1 Å². The van der Waals surface area contributed by atoms with Crippen LogP contribution in [0.3, 0.4) is 0 Å². The summed E-state index contributed by atoms with van der Waals surface area (Å²) in [7, 11) is 0. The van der Waals surface area contributed by atoms with Crippen molar-refractivity contribution in [1.82, 2.24) is 20.2 Å². The van der Waals surface area contributed by atoms with E-state index < -0.39 is 0 Å². The van der Waals surface area contributed by atoms with E-state index in [0.717, 1.165) is 27.5 Å². The third-order valence-corrected chi connectivity index (χ3v) is 6.72. The molecular formula is C24H23N5OS2. The first-order valence-corrected chi connectivity index (χ1v) is 12.0. The average Bonchev–Trinajstić information content (AvgIpc) is 3.40. The molecule has 32 heavy (non-hydrogen) atoms. The highest BCUT2D eigenvalue weighted by atomic mass is 32.2. The molecule has 1 amide bonds. The summed E-state index contributed by atoms with van der Waals surface area (Å²) in [4.78, 5) is 13.4. The van der Waals surface area contributed by atoms with Crippen molar-refractivity contribution in [2.45, 2.75) is 25.9 Å². The lowest BCUT2D eigenvalue weighted by atomic mass is 10.1. The number of hydrazone groups is 1. The molecule has 0 atom stereocenters. The first-order chi connectivity index (χ1) is 15.5. The first kappa shape index (κ1) is 22.0. The van der Waals surface area contributed by atoms with E-state index in [2.05, 4.69) is 58.8 Å². The minimum absolute atomic E-state index is 0.179. The first-order valence-electron chi connectivity index (χ1n) is 10.1. The third kappa shape index (κ3) is 5.15. The molecule has 162 valence electrons. The smallest absolute Gasteiger partial charge is 0.250 e. The van der Waals surface area contributed by atoms with Gasteiger partial charge in [-0.25, -0.2) is 5.43 Å². The number of benzene rings is 2. The molecule has 0 bridgehead atoms. The van der Waals surface area contributed by atoms with Crippen LogP contribution in [0.25, 0.3) is 17.1 Å². The Morgan fingerprint density at radius 1 is 1.03 bits per heavy atom. The quantitative estimate of drug-likeness (QED) is 0.234. The van der Waals surface area contributed by atoms with Gasteiger partial charge in [0.2, 0.25) is 0 Å². The second-order valence-electron chi connectivity index (χ2n) is 7.39. The number of hydrogen-bond donors (Lipinski definition) is 1. The molecule has 4 aromatic rings. The zero-order valence-corrected chi connectivity index (χ0v) is 19.7. The highest BCUT2D eigenvalue weighted by Gasteiger charge is 2.17. The topological polar surface area (TPSA) is 72.2 Å². The van der Waals surface area contributed by atoms with Gasteiger partial charge in [0.15, 0.2) is 11.0 Å². The highest BCUT2D eigenvalue weighted by Crippen LogP contribution is 2.28. The zero-order valence-electron chi connectivity index (χ0n) is 18.1. The van der Waals surface area contributed by atoms with E-state index in [4.69, 9.17) is 0 Å². The number of rotatable bonds is 7. The van der Waals surface area contributed by atoms with Gasteiger partial charge in [-0.15, -0.1) is 21.5 Å². The molecule has 0 spiro atoms. The molecule has 8 heteroatoms. The van der Waals surface area contributed by atoms with Gasteiger partial charge in [0.25, 0.3) is 5.91 Å². The fraction of sp³-hybridized carbons (Fsp3) is 0.167. The minimum atomic E-state index is -0.198. The molecular weight excluding hydrogens is 438 g/mol. The molecule has 4 rings (SSSR count). The Balaban J connectivity index is 1.53. The summed E-state index contributed by atoms with van der Waals surface area (Å²) in [5, 5.41) is 15.5. The number of carbonyl (C=O) groups excluding carboxylic acids is 1. The summed E-state index contributed by atoms with van der Waals surface area (Å²) in [5.74, 6) is 0.720. The van der Waals surface area contributed by atoms with Crippen molar-refractivity contribution in [3.63, 3.8) is 0 Å². The molecule has 0 saturated carbocycles. The lowest BCUT2D eigenvalue weighted by Gasteiger charge is -2.11. The van der Waals surface area contributed by atoms with E-state index in [1.807, 2.05) is 47.2 Å². The number of aryl methyl sites for hydroxylation is 3. The maximum Gasteiger partial charge on any atom is 0.250 e. The van der Waals surface area contributed by atoms with E-state index in [0.29, 0.717) is 5.16 Å². The van der Waals surface area contributed by atoms with Crippen molar-refractivity contribution in [3.8, 4) is 17.1 Å². The van der Waals surface area contributed by atoms with Gasteiger partial charge in [-0.1, -0.05) is 59.3 Å². The Morgan fingerprint density at radius 3 is 2.38 bits per heavy atom. The second kappa shape index (κ2) is 9.93. The third-order valence-electron chi connectivity index (χ3n) is 4.84. The molecule has 0 aliphatic rings. The number of hydrogen-bond acceptors (Lipinski definition) is 6. The van der Waals surface area contributed by atoms with Crippen molar-refractivity contribution in [2.75, 3.05) is 5.75 Å². The Bertz CT molecular complexity index is 1240. The van der Waals surface area contributed by atoms with Crippen molar-refractivity contribution in [1.29, 1.82) is 0 Å². The van der Waals surface area contributed by atoms with Crippen molar-refractivity contribution in [2.24, 2.45) is 5.10 Å². The van der Waals surface area contributed by atoms with E-state index in [-0.39, 0.29) is 11.7 Å². The van der Waals surface area contributed by atoms with Crippen LogP contribution in [0.2, 0.25) is 0 Å². The van der Waals surface area contributed by atoms with Crippen LogP contribution in [0.1, 0.15) is 21.6 Å². The molecule has 0 aliphatic carbocycles. The summed E-state index contributed by atoms with van der Waals surface area (Å²) in [6, 6.07) is 18.4. The SMILES string of the molecule is Cc1ccc(-c2nnc(SCC(=O)N/N=C\c3sccc3C)n2-c2ccc(C)cc2)cc1. The van der Waals surface area contributed by atoms with Gasteiger partial charge < -0.3 is 0 Å². The Hall–Kier alpha value is -3.23. The Kier molecular flexibility index (Phi) is 6.82.